The summed E-state index contributed by atoms with van der Waals surface area (Å²) in [5, 5.41) is 1.49. The average Bonchev–Trinajstić information content (AvgIpc) is 2.93. The van der Waals surface area contributed by atoms with Crippen molar-refractivity contribution in [2.45, 2.75) is 44.5 Å². The number of aromatic nitrogens is 2. The van der Waals surface area contributed by atoms with E-state index in [9.17, 15) is 9.59 Å². The molecule has 0 unspecified atom stereocenters. The van der Waals surface area contributed by atoms with Crippen molar-refractivity contribution < 1.29 is 9.59 Å². The summed E-state index contributed by atoms with van der Waals surface area (Å²) in [4.78, 5) is 35.9. The highest BCUT2D eigenvalue weighted by Crippen LogP contribution is 2.35. The van der Waals surface area contributed by atoms with Gasteiger partial charge in [-0.15, -0.1) is 0 Å². The van der Waals surface area contributed by atoms with Crippen LogP contribution in [-0.4, -0.2) is 27.0 Å². The van der Waals surface area contributed by atoms with Crippen molar-refractivity contribution in [1.29, 1.82) is 0 Å². The van der Waals surface area contributed by atoms with Crippen molar-refractivity contribution in [1.82, 2.24) is 9.97 Å². The van der Waals surface area contributed by atoms with E-state index in [4.69, 9.17) is 11.6 Å². The number of hydrogen-bond donors (Lipinski definition) is 0. The van der Waals surface area contributed by atoms with Gasteiger partial charge < -0.3 is 0 Å². The molecule has 1 aliphatic heterocycles. The van der Waals surface area contributed by atoms with E-state index in [0.717, 1.165) is 27.7 Å². The number of hydrogen-bond acceptors (Lipinski definition) is 5. The molecule has 0 saturated carbocycles. The zero-order chi connectivity index (χ0) is 20.9. The maximum atomic E-state index is 12.9. The average molecular weight is 426 g/mol. The minimum atomic E-state index is -0.550. The summed E-state index contributed by atoms with van der Waals surface area (Å²) in [5.41, 5.74) is 5.45. The van der Waals surface area contributed by atoms with E-state index in [-0.39, 0.29) is 18.2 Å². The van der Waals surface area contributed by atoms with Crippen LogP contribution in [0.2, 0.25) is 5.02 Å². The van der Waals surface area contributed by atoms with Crippen molar-refractivity contribution in [2.75, 3.05) is 4.90 Å². The molecule has 3 aromatic rings. The third kappa shape index (κ3) is 3.63. The smallest absolute Gasteiger partial charge is 0.247 e. The number of nitrogens with zero attached hydrogens (tertiary/aromatic N) is 3. The lowest BCUT2D eigenvalue weighted by Crippen LogP contribution is -2.31. The van der Waals surface area contributed by atoms with Gasteiger partial charge in [0.25, 0.3) is 0 Å². The Bertz CT molecular complexity index is 1180. The highest BCUT2D eigenvalue weighted by molar-refractivity contribution is 8.00. The molecule has 0 N–H and O–H groups in total. The van der Waals surface area contributed by atoms with E-state index in [1.165, 1.54) is 22.2 Å². The molecule has 0 radical (unpaired) electrons. The molecule has 1 fully saturated rings. The van der Waals surface area contributed by atoms with E-state index in [1.54, 1.807) is 18.2 Å². The number of halogens is 1. The number of carbonyl (C=O) groups is 2. The number of anilines is 1. The second kappa shape index (κ2) is 7.43. The van der Waals surface area contributed by atoms with Gasteiger partial charge in [-0.3, -0.25) is 9.59 Å². The molecule has 1 atom stereocenters. The fourth-order valence-electron chi connectivity index (χ4n) is 3.38. The van der Waals surface area contributed by atoms with Gasteiger partial charge in [0.05, 0.1) is 11.2 Å². The Morgan fingerprint density at radius 3 is 2.45 bits per heavy atom. The van der Waals surface area contributed by atoms with E-state index in [2.05, 4.69) is 23.0 Å². The van der Waals surface area contributed by atoms with E-state index >= 15 is 0 Å². The largest absolute Gasteiger partial charge is 0.274 e. The number of aryl methyl sites for hydroxylation is 4. The molecule has 2 heterocycles. The van der Waals surface area contributed by atoms with Crippen LogP contribution in [-0.2, 0) is 9.59 Å². The van der Waals surface area contributed by atoms with Gasteiger partial charge in [-0.05, 0) is 68.7 Å². The van der Waals surface area contributed by atoms with Crippen LogP contribution in [0.25, 0.3) is 10.9 Å². The lowest BCUT2D eigenvalue weighted by atomic mass is 10.1. The van der Waals surface area contributed by atoms with Crippen LogP contribution < -0.4 is 4.90 Å². The van der Waals surface area contributed by atoms with Crippen LogP contribution in [0, 0.1) is 27.7 Å². The van der Waals surface area contributed by atoms with Crippen LogP contribution in [0.15, 0.2) is 35.5 Å². The van der Waals surface area contributed by atoms with Crippen LogP contribution >= 0.6 is 23.4 Å². The standard InChI is InChI=1S/C22H20ClN3O2S/c1-11-5-6-15(9-17(11)23)26-20(27)10-19(21(26)28)29-22-24-14(4)16-7-12(2)13(3)8-18(16)25-22/h5-9,19H,10H2,1-4H3/t19-/m0/s1. The van der Waals surface area contributed by atoms with E-state index in [1.807, 2.05) is 26.8 Å². The van der Waals surface area contributed by atoms with Gasteiger partial charge in [0.1, 0.15) is 5.25 Å². The van der Waals surface area contributed by atoms with Crippen molar-refractivity contribution in [2.24, 2.45) is 0 Å². The minimum absolute atomic E-state index is 0.113. The fourth-order valence-corrected chi connectivity index (χ4v) is 4.59. The molecule has 7 heteroatoms. The maximum absolute atomic E-state index is 12.9. The van der Waals surface area contributed by atoms with Gasteiger partial charge in [-0.2, -0.15) is 0 Å². The predicted molar refractivity (Wildman–Crippen MR) is 117 cm³/mol. The zero-order valence-corrected chi connectivity index (χ0v) is 18.2. The molecular formula is C22H20ClN3O2S. The Morgan fingerprint density at radius 1 is 1.00 bits per heavy atom. The van der Waals surface area contributed by atoms with Gasteiger partial charge in [0, 0.05) is 22.5 Å². The molecule has 5 nitrogen and oxygen atoms in total. The number of rotatable bonds is 3. The Labute approximate surface area is 178 Å². The Hall–Kier alpha value is -2.44. The summed E-state index contributed by atoms with van der Waals surface area (Å²) in [7, 11) is 0. The summed E-state index contributed by atoms with van der Waals surface area (Å²) >= 11 is 7.42. The third-order valence-corrected chi connectivity index (χ3v) is 6.70. The lowest BCUT2D eigenvalue weighted by molar-refractivity contribution is -0.121. The van der Waals surface area contributed by atoms with Crippen molar-refractivity contribution in [3.8, 4) is 0 Å². The molecule has 1 saturated heterocycles. The molecule has 2 aromatic carbocycles. The van der Waals surface area contributed by atoms with Gasteiger partial charge in [-0.1, -0.05) is 29.4 Å². The second-order valence-corrected chi connectivity index (χ2v) is 8.93. The van der Waals surface area contributed by atoms with Gasteiger partial charge in [0.2, 0.25) is 11.8 Å². The molecule has 29 heavy (non-hydrogen) atoms. The zero-order valence-electron chi connectivity index (χ0n) is 16.6. The minimum Gasteiger partial charge on any atom is -0.274 e. The molecule has 2 amide bonds. The van der Waals surface area contributed by atoms with Crippen LogP contribution in [0.3, 0.4) is 0 Å². The normalized spacial score (nSPS) is 16.9. The molecule has 0 bridgehead atoms. The third-order valence-electron chi connectivity index (χ3n) is 5.25. The Morgan fingerprint density at radius 2 is 1.72 bits per heavy atom. The summed E-state index contributed by atoms with van der Waals surface area (Å²) in [5.74, 6) is -0.502. The molecule has 1 aromatic heterocycles. The Balaban J connectivity index is 1.63. The number of carbonyl (C=O) groups excluding carboxylic acids is 2. The highest BCUT2D eigenvalue weighted by atomic mass is 35.5. The summed E-state index contributed by atoms with van der Waals surface area (Å²) < 4.78 is 0. The topological polar surface area (TPSA) is 63.2 Å². The van der Waals surface area contributed by atoms with Crippen LogP contribution in [0.5, 0.6) is 0 Å². The predicted octanol–water partition coefficient (Wildman–Crippen LogP) is 4.94. The molecule has 0 aliphatic carbocycles. The first kappa shape index (κ1) is 19.9. The number of imide groups is 1. The fraction of sp³-hybridized carbons (Fsp3) is 0.273. The van der Waals surface area contributed by atoms with Crippen molar-refractivity contribution in [3.63, 3.8) is 0 Å². The summed E-state index contributed by atoms with van der Waals surface area (Å²) in [6.45, 7) is 7.92. The first-order chi connectivity index (χ1) is 13.7. The van der Waals surface area contributed by atoms with Crippen LogP contribution in [0.4, 0.5) is 5.69 Å². The number of fused-ring (bicyclic) bond motifs is 1. The van der Waals surface area contributed by atoms with Crippen molar-refractivity contribution >= 4 is 51.8 Å². The Kier molecular flexibility index (Phi) is 5.09. The first-order valence-electron chi connectivity index (χ1n) is 9.30. The van der Waals surface area contributed by atoms with Gasteiger partial charge in [-0.25, -0.2) is 14.9 Å². The van der Waals surface area contributed by atoms with E-state index < -0.39 is 5.25 Å². The summed E-state index contributed by atoms with van der Waals surface area (Å²) in [6, 6.07) is 9.32. The van der Waals surface area contributed by atoms with E-state index in [0.29, 0.717) is 15.9 Å². The second-order valence-electron chi connectivity index (χ2n) is 7.36. The first-order valence-corrected chi connectivity index (χ1v) is 10.6. The number of thioether (sulfide) groups is 1. The lowest BCUT2D eigenvalue weighted by Gasteiger charge is -2.16. The number of benzene rings is 2. The molecule has 148 valence electrons. The highest BCUT2D eigenvalue weighted by Gasteiger charge is 2.40. The van der Waals surface area contributed by atoms with Crippen molar-refractivity contribution in [3.05, 3.63) is 57.7 Å². The van der Waals surface area contributed by atoms with Gasteiger partial charge >= 0.3 is 0 Å². The molecule has 1 aliphatic rings. The maximum Gasteiger partial charge on any atom is 0.247 e. The molecule has 4 rings (SSSR count). The molecular weight excluding hydrogens is 406 g/mol. The quantitative estimate of drug-likeness (QED) is 0.439. The summed E-state index contributed by atoms with van der Waals surface area (Å²) in [6.07, 6.45) is 0.113. The monoisotopic (exact) mass is 425 g/mol. The number of amides is 2. The van der Waals surface area contributed by atoms with Crippen LogP contribution in [0.1, 0.15) is 28.8 Å². The van der Waals surface area contributed by atoms with Gasteiger partial charge in [0.15, 0.2) is 5.16 Å². The SMILES string of the molecule is Cc1cc2nc(S[C@H]3CC(=O)N(c4ccc(C)c(Cl)c4)C3=O)nc(C)c2cc1C. The molecule has 0 spiro atoms.